The third-order valence-corrected chi connectivity index (χ3v) is 2.56. The summed E-state index contributed by atoms with van der Waals surface area (Å²) in [7, 11) is 0. The van der Waals surface area contributed by atoms with Crippen molar-refractivity contribution in [3.8, 4) is 0 Å². The lowest BCUT2D eigenvalue weighted by Crippen LogP contribution is -2.16. The summed E-state index contributed by atoms with van der Waals surface area (Å²) in [6.45, 7) is 1.71. The zero-order valence-corrected chi connectivity index (χ0v) is 10.0. The van der Waals surface area contributed by atoms with Gasteiger partial charge in [-0.2, -0.15) is 0 Å². The Morgan fingerprint density at radius 1 is 1.00 bits per heavy atom. The van der Waals surface area contributed by atoms with Crippen LogP contribution in [0.15, 0.2) is 36.4 Å². The van der Waals surface area contributed by atoms with Crippen LogP contribution in [0.3, 0.4) is 0 Å². The van der Waals surface area contributed by atoms with Gasteiger partial charge in [0.2, 0.25) is 0 Å². The Balaban J connectivity index is 2.34. The molecule has 0 heterocycles. The Morgan fingerprint density at radius 2 is 1.63 bits per heavy atom. The molecule has 2 nitrogen and oxygen atoms in total. The molecular formula is C14H10F3NO. The molecule has 0 bridgehead atoms. The number of carbonyl (C=O) groups is 1. The molecule has 0 aliphatic carbocycles. The topological polar surface area (TPSA) is 29.1 Å². The van der Waals surface area contributed by atoms with Crippen molar-refractivity contribution in [1.29, 1.82) is 0 Å². The fraction of sp³-hybridized carbons (Fsp3) is 0.0714. The molecule has 2 aromatic carbocycles. The van der Waals surface area contributed by atoms with Crippen molar-refractivity contribution in [3.05, 3.63) is 65.0 Å². The van der Waals surface area contributed by atoms with Crippen molar-refractivity contribution < 1.29 is 18.0 Å². The highest BCUT2D eigenvalue weighted by atomic mass is 19.1. The molecule has 1 N–H and O–H groups in total. The predicted molar refractivity (Wildman–Crippen MR) is 65.4 cm³/mol. The molecule has 1 amide bonds. The Kier molecular flexibility index (Phi) is 3.55. The Morgan fingerprint density at radius 3 is 2.26 bits per heavy atom. The molecule has 0 spiro atoms. The van der Waals surface area contributed by atoms with Gasteiger partial charge < -0.3 is 5.32 Å². The summed E-state index contributed by atoms with van der Waals surface area (Å²) < 4.78 is 40.2. The summed E-state index contributed by atoms with van der Waals surface area (Å²) in [5, 5.41) is 2.16. The maximum absolute atomic E-state index is 13.4. The van der Waals surface area contributed by atoms with E-state index in [2.05, 4.69) is 5.32 Å². The summed E-state index contributed by atoms with van der Waals surface area (Å²) in [5.74, 6) is -3.69. The van der Waals surface area contributed by atoms with Gasteiger partial charge in [0.25, 0.3) is 5.91 Å². The van der Waals surface area contributed by atoms with E-state index < -0.39 is 28.9 Å². The van der Waals surface area contributed by atoms with E-state index in [4.69, 9.17) is 0 Å². The lowest BCUT2D eigenvalue weighted by molar-refractivity contribution is 0.101. The van der Waals surface area contributed by atoms with Crippen molar-refractivity contribution in [2.45, 2.75) is 6.92 Å². The first-order valence-electron chi connectivity index (χ1n) is 5.50. The molecule has 0 aromatic heterocycles. The van der Waals surface area contributed by atoms with E-state index in [0.717, 1.165) is 18.2 Å². The maximum Gasteiger partial charge on any atom is 0.261 e. The van der Waals surface area contributed by atoms with Gasteiger partial charge in [0.1, 0.15) is 23.0 Å². The number of benzene rings is 2. The molecule has 2 aromatic rings. The first-order valence-corrected chi connectivity index (χ1v) is 5.50. The van der Waals surface area contributed by atoms with Crippen LogP contribution in [0.4, 0.5) is 18.9 Å². The van der Waals surface area contributed by atoms with Gasteiger partial charge in [-0.3, -0.25) is 4.79 Å². The highest BCUT2D eigenvalue weighted by Gasteiger charge is 2.18. The number of halogens is 3. The average molecular weight is 265 g/mol. The quantitative estimate of drug-likeness (QED) is 0.882. The van der Waals surface area contributed by atoms with Crippen LogP contribution in [-0.2, 0) is 0 Å². The van der Waals surface area contributed by atoms with Gasteiger partial charge in [0.15, 0.2) is 0 Å². The number of anilines is 1. The fourth-order valence-electron chi connectivity index (χ4n) is 1.63. The molecule has 0 saturated carbocycles. The van der Waals surface area contributed by atoms with Crippen molar-refractivity contribution in [2.75, 3.05) is 5.32 Å². The van der Waals surface area contributed by atoms with E-state index in [-0.39, 0.29) is 5.69 Å². The van der Waals surface area contributed by atoms with Crippen LogP contribution in [0.5, 0.6) is 0 Å². The van der Waals surface area contributed by atoms with Crippen LogP contribution in [0, 0.1) is 24.4 Å². The summed E-state index contributed by atoms with van der Waals surface area (Å²) in [4.78, 5) is 11.8. The molecule has 0 aliphatic rings. The lowest BCUT2D eigenvalue weighted by atomic mass is 10.1. The monoisotopic (exact) mass is 265 g/mol. The standard InChI is InChI=1S/C14H10F3NO/c1-8-5-6-9(15)12(7-8)18-14(19)13-10(16)3-2-4-11(13)17/h2-7H,1H3,(H,18,19). The third kappa shape index (κ3) is 2.76. The second kappa shape index (κ2) is 5.14. The van der Waals surface area contributed by atoms with Gasteiger partial charge in [0, 0.05) is 0 Å². The molecule has 0 unspecified atom stereocenters. The summed E-state index contributed by atoms with van der Waals surface area (Å²) in [6.07, 6.45) is 0. The summed E-state index contributed by atoms with van der Waals surface area (Å²) in [5.41, 5.74) is -0.137. The van der Waals surface area contributed by atoms with Crippen molar-refractivity contribution in [2.24, 2.45) is 0 Å². The first-order chi connectivity index (χ1) is 8.99. The molecule has 0 radical (unpaired) electrons. The van der Waals surface area contributed by atoms with Crippen LogP contribution < -0.4 is 5.32 Å². The normalized spacial score (nSPS) is 10.3. The van der Waals surface area contributed by atoms with E-state index in [1.165, 1.54) is 18.2 Å². The fourth-order valence-corrected chi connectivity index (χ4v) is 1.63. The smallest absolute Gasteiger partial charge is 0.261 e. The molecule has 19 heavy (non-hydrogen) atoms. The molecule has 0 fully saturated rings. The minimum atomic E-state index is -1.03. The minimum absolute atomic E-state index is 0.118. The Hall–Kier alpha value is -2.30. The van der Waals surface area contributed by atoms with E-state index >= 15 is 0 Å². The van der Waals surface area contributed by atoms with Gasteiger partial charge in [0.05, 0.1) is 5.69 Å². The molecule has 0 atom stereocenters. The molecule has 2 rings (SSSR count). The SMILES string of the molecule is Cc1ccc(F)c(NC(=O)c2c(F)cccc2F)c1. The lowest BCUT2D eigenvalue weighted by Gasteiger charge is -2.08. The second-order valence-electron chi connectivity index (χ2n) is 4.03. The number of nitrogens with one attached hydrogen (secondary N) is 1. The van der Waals surface area contributed by atoms with E-state index in [0.29, 0.717) is 5.56 Å². The number of carbonyl (C=O) groups excluding carboxylic acids is 1. The molecule has 98 valence electrons. The average Bonchev–Trinajstić information content (AvgIpc) is 2.33. The highest BCUT2D eigenvalue weighted by Crippen LogP contribution is 2.19. The van der Waals surface area contributed by atoms with Gasteiger partial charge >= 0.3 is 0 Å². The number of amides is 1. The summed E-state index contributed by atoms with van der Waals surface area (Å²) in [6, 6.07) is 7.15. The zero-order valence-electron chi connectivity index (χ0n) is 10.0. The van der Waals surface area contributed by atoms with Crippen LogP contribution in [-0.4, -0.2) is 5.91 Å². The largest absolute Gasteiger partial charge is 0.319 e. The predicted octanol–water partition coefficient (Wildman–Crippen LogP) is 3.66. The van der Waals surface area contributed by atoms with Crippen LogP contribution in [0.1, 0.15) is 15.9 Å². The van der Waals surface area contributed by atoms with Gasteiger partial charge in [-0.15, -0.1) is 0 Å². The minimum Gasteiger partial charge on any atom is -0.319 e. The van der Waals surface area contributed by atoms with E-state index in [1.54, 1.807) is 6.92 Å². The number of hydrogen-bond acceptors (Lipinski definition) is 1. The Bertz CT molecular complexity index is 620. The van der Waals surface area contributed by atoms with E-state index in [9.17, 15) is 18.0 Å². The molecular weight excluding hydrogens is 255 g/mol. The van der Waals surface area contributed by atoms with Crippen molar-refractivity contribution in [3.63, 3.8) is 0 Å². The maximum atomic E-state index is 13.4. The number of aryl methyl sites for hydroxylation is 1. The molecule has 5 heteroatoms. The van der Waals surface area contributed by atoms with Crippen LogP contribution in [0.25, 0.3) is 0 Å². The van der Waals surface area contributed by atoms with Crippen LogP contribution >= 0.6 is 0 Å². The first kappa shape index (κ1) is 13.1. The third-order valence-electron chi connectivity index (χ3n) is 2.56. The molecule has 0 aliphatic heterocycles. The highest BCUT2D eigenvalue weighted by molar-refractivity contribution is 6.04. The number of rotatable bonds is 2. The zero-order chi connectivity index (χ0) is 14.0. The molecule has 0 saturated heterocycles. The summed E-state index contributed by atoms with van der Waals surface area (Å²) >= 11 is 0. The van der Waals surface area contributed by atoms with Gasteiger partial charge in [-0.05, 0) is 36.8 Å². The van der Waals surface area contributed by atoms with Crippen LogP contribution in [0.2, 0.25) is 0 Å². The van der Waals surface area contributed by atoms with E-state index in [1.807, 2.05) is 0 Å². The number of hydrogen-bond donors (Lipinski definition) is 1. The Labute approximate surface area is 107 Å². The second-order valence-corrected chi connectivity index (χ2v) is 4.03. The van der Waals surface area contributed by atoms with Crippen molar-refractivity contribution >= 4 is 11.6 Å². The van der Waals surface area contributed by atoms with Gasteiger partial charge in [-0.1, -0.05) is 12.1 Å². The van der Waals surface area contributed by atoms with Crippen molar-refractivity contribution in [1.82, 2.24) is 0 Å². The van der Waals surface area contributed by atoms with Gasteiger partial charge in [-0.25, -0.2) is 13.2 Å².